The van der Waals surface area contributed by atoms with Gasteiger partial charge in [0.15, 0.2) is 0 Å². The van der Waals surface area contributed by atoms with Crippen LogP contribution in [0.5, 0.6) is 0 Å². The molecule has 0 radical (unpaired) electrons. The molecule has 1 aliphatic carbocycles. The largest absolute Gasteiger partial charge is 0.314 e. The fourth-order valence-electron chi connectivity index (χ4n) is 3.04. The molecule has 0 aliphatic heterocycles. The number of hydrogen-bond acceptors (Lipinski definition) is 1. The molecule has 16 heavy (non-hydrogen) atoms. The van der Waals surface area contributed by atoms with E-state index in [1.165, 1.54) is 45.1 Å². The third-order valence-corrected chi connectivity index (χ3v) is 4.30. The lowest BCUT2D eigenvalue weighted by molar-refractivity contribution is 0.183. The smallest absolute Gasteiger partial charge is 0.00956 e. The monoisotopic (exact) mass is 225 g/mol. The van der Waals surface area contributed by atoms with Crippen LogP contribution in [-0.2, 0) is 0 Å². The summed E-state index contributed by atoms with van der Waals surface area (Å²) in [6, 6.07) is 0.810. The van der Waals surface area contributed by atoms with E-state index in [1.54, 1.807) is 0 Å². The lowest BCUT2D eigenvalue weighted by atomic mass is 9.74. The molecule has 0 aromatic heterocycles. The first-order chi connectivity index (χ1) is 7.67. The summed E-state index contributed by atoms with van der Waals surface area (Å²) >= 11 is 0. The zero-order valence-corrected chi connectivity index (χ0v) is 11.8. The molecule has 1 saturated carbocycles. The van der Waals surface area contributed by atoms with E-state index < -0.39 is 0 Å². The van der Waals surface area contributed by atoms with Crippen molar-refractivity contribution in [2.75, 3.05) is 6.54 Å². The summed E-state index contributed by atoms with van der Waals surface area (Å²) in [5.41, 5.74) is 0. The first-order valence-electron chi connectivity index (χ1n) is 7.40. The third kappa shape index (κ3) is 4.45. The zero-order valence-electron chi connectivity index (χ0n) is 11.8. The van der Waals surface area contributed by atoms with Crippen LogP contribution in [-0.4, -0.2) is 12.6 Å². The van der Waals surface area contributed by atoms with Crippen LogP contribution in [0.25, 0.3) is 0 Å². The highest BCUT2D eigenvalue weighted by Crippen LogP contribution is 2.33. The van der Waals surface area contributed by atoms with Crippen LogP contribution in [0, 0.1) is 17.8 Å². The summed E-state index contributed by atoms with van der Waals surface area (Å²) in [5, 5.41) is 3.77. The van der Waals surface area contributed by atoms with E-state index in [0.29, 0.717) is 0 Å². The summed E-state index contributed by atoms with van der Waals surface area (Å²) in [5.74, 6) is 2.79. The molecule has 1 fully saturated rings. The number of hydrogen-bond donors (Lipinski definition) is 1. The van der Waals surface area contributed by atoms with Gasteiger partial charge in [-0.15, -0.1) is 0 Å². The highest BCUT2D eigenvalue weighted by molar-refractivity contribution is 4.84. The molecule has 1 N–H and O–H groups in total. The van der Waals surface area contributed by atoms with Gasteiger partial charge in [0.05, 0.1) is 0 Å². The van der Waals surface area contributed by atoms with Crippen molar-refractivity contribution >= 4 is 0 Å². The van der Waals surface area contributed by atoms with Crippen molar-refractivity contribution in [3.63, 3.8) is 0 Å². The van der Waals surface area contributed by atoms with Gasteiger partial charge in [-0.05, 0) is 56.4 Å². The molecule has 0 amide bonds. The summed E-state index contributed by atoms with van der Waals surface area (Å²) in [7, 11) is 0. The van der Waals surface area contributed by atoms with E-state index in [1.807, 2.05) is 0 Å². The Labute approximate surface area is 102 Å². The lowest BCUT2D eigenvalue weighted by Gasteiger charge is -2.37. The van der Waals surface area contributed by atoms with Gasteiger partial charge in [-0.2, -0.15) is 0 Å². The molecule has 1 rings (SSSR count). The highest BCUT2D eigenvalue weighted by atomic mass is 14.9. The van der Waals surface area contributed by atoms with Crippen molar-refractivity contribution in [1.82, 2.24) is 5.32 Å². The molecule has 4 unspecified atom stereocenters. The molecule has 1 heteroatoms. The van der Waals surface area contributed by atoms with Crippen LogP contribution in [0.4, 0.5) is 0 Å². The van der Waals surface area contributed by atoms with Crippen molar-refractivity contribution in [1.29, 1.82) is 0 Å². The van der Waals surface area contributed by atoms with Crippen LogP contribution in [0.2, 0.25) is 0 Å². The summed E-state index contributed by atoms with van der Waals surface area (Å²) in [6.07, 6.45) is 8.32. The van der Waals surface area contributed by atoms with Gasteiger partial charge in [-0.3, -0.25) is 0 Å². The minimum absolute atomic E-state index is 0.810. The van der Waals surface area contributed by atoms with Crippen LogP contribution in [0.15, 0.2) is 0 Å². The van der Waals surface area contributed by atoms with Gasteiger partial charge in [-0.25, -0.2) is 0 Å². The van der Waals surface area contributed by atoms with Crippen molar-refractivity contribution in [2.45, 2.75) is 72.3 Å². The summed E-state index contributed by atoms with van der Waals surface area (Å²) < 4.78 is 0. The van der Waals surface area contributed by atoms with E-state index in [4.69, 9.17) is 0 Å². The Hall–Kier alpha value is -0.0400. The molecule has 4 atom stereocenters. The molecule has 0 spiro atoms. The van der Waals surface area contributed by atoms with Gasteiger partial charge in [-0.1, -0.05) is 34.1 Å². The SMILES string of the molecule is CCCNC1CCC(C)CC1CC(C)CC. The molecule has 0 saturated heterocycles. The summed E-state index contributed by atoms with van der Waals surface area (Å²) in [6.45, 7) is 10.6. The highest BCUT2D eigenvalue weighted by Gasteiger charge is 2.28. The molecule has 1 aliphatic rings. The van der Waals surface area contributed by atoms with E-state index in [9.17, 15) is 0 Å². The van der Waals surface area contributed by atoms with Crippen LogP contribution < -0.4 is 5.32 Å². The van der Waals surface area contributed by atoms with E-state index in [-0.39, 0.29) is 0 Å². The molecule has 96 valence electrons. The van der Waals surface area contributed by atoms with Crippen LogP contribution in [0.1, 0.15) is 66.2 Å². The Morgan fingerprint density at radius 1 is 1.25 bits per heavy atom. The maximum absolute atomic E-state index is 3.77. The lowest BCUT2D eigenvalue weighted by Crippen LogP contribution is -2.41. The minimum Gasteiger partial charge on any atom is -0.314 e. The van der Waals surface area contributed by atoms with Crippen LogP contribution in [0.3, 0.4) is 0 Å². The number of nitrogens with one attached hydrogen (secondary N) is 1. The Balaban J connectivity index is 2.44. The van der Waals surface area contributed by atoms with Gasteiger partial charge >= 0.3 is 0 Å². The van der Waals surface area contributed by atoms with E-state index >= 15 is 0 Å². The predicted molar refractivity (Wildman–Crippen MR) is 72.7 cm³/mol. The fraction of sp³-hybridized carbons (Fsp3) is 1.00. The normalized spacial score (nSPS) is 32.6. The Morgan fingerprint density at radius 3 is 2.62 bits per heavy atom. The van der Waals surface area contributed by atoms with E-state index in [0.717, 1.165) is 23.8 Å². The second kappa shape index (κ2) is 7.32. The molecule has 1 nitrogen and oxygen atoms in total. The standard InChI is InChI=1S/C15H31N/c1-5-9-16-15-8-7-13(4)11-14(15)10-12(3)6-2/h12-16H,5-11H2,1-4H3. The quantitative estimate of drug-likeness (QED) is 0.713. The van der Waals surface area contributed by atoms with Gasteiger partial charge in [0.1, 0.15) is 0 Å². The van der Waals surface area contributed by atoms with Crippen molar-refractivity contribution in [3.05, 3.63) is 0 Å². The van der Waals surface area contributed by atoms with Crippen molar-refractivity contribution in [2.24, 2.45) is 17.8 Å². The van der Waals surface area contributed by atoms with E-state index in [2.05, 4.69) is 33.0 Å². The molecule has 0 bridgehead atoms. The van der Waals surface area contributed by atoms with Gasteiger partial charge in [0.25, 0.3) is 0 Å². The molecule has 0 aromatic carbocycles. The molecular weight excluding hydrogens is 194 g/mol. The third-order valence-electron chi connectivity index (χ3n) is 4.30. The molecular formula is C15H31N. The van der Waals surface area contributed by atoms with Gasteiger partial charge in [0.2, 0.25) is 0 Å². The zero-order chi connectivity index (χ0) is 12.0. The Bertz CT molecular complexity index is 176. The van der Waals surface area contributed by atoms with Crippen molar-refractivity contribution < 1.29 is 0 Å². The van der Waals surface area contributed by atoms with Gasteiger partial charge < -0.3 is 5.32 Å². The van der Waals surface area contributed by atoms with Crippen LogP contribution >= 0.6 is 0 Å². The van der Waals surface area contributed by atoms with Gasteiger partial charge in [0, 0.05) is 6.04 Å². The Morgan fingerprint density at radius 2 is 2.00 bits per heavy atom. The topological polar surface area (TPSA) is 12.0 Å². The average Bonchev–Trinajstić information content (AvgIpc) is 2.28. The maximum Gasteiger partial charge on any atom is 0.00956 e. The average molecular weight is 225 g/mol. The molecule has 0 heterocycles. The minimum atomic E-state index is 0.810. The maximum atomic E-state index is 3.77. The summed E-state index contributed by atoms with van der Waals surface area (Å²) in [4.78, 5) is 0. The van der Waals surface area contributed by atoms with Crippen molar-refractivity contribution in [3.8, 4) is 0 Å². The first kappa shape index (κ1) is 14.0. The molecule has 0 aromatic rings. The first-order valence-corrected chi connectivity index (χ1v) is 7.40. The predicted octanol–water partition coefficient (Wildman–Crippen LogP) is 4.23. The fourth-order valence-corrected chi connectivity index (χ4v) is 3.04. The number of rotatable bonds is 6. The second-order valence-electron chi connectivity index (χ2n) is 5.99. The second-order valence-corrected chi connectivity index (χ2v) is 5.99. The Kier molecular flexibility index (Phi) is 6.41.